The zero-order valence-electron chi connectivity index (χ0n) is 29.2. The molecule has 0 bridgehead atoms. The number of rotatable bonds is 2. The molecular formula is C54H28. The minimum Gasteiger partial charge on any atom is -0.0622 e. The van der Waals surface area contributed by atoms with Crippen LogP contribution >= 0.6 is 0 Å². The SMILES string of the molecule is c1ccc(-c2c3cc4c(cc3c(-c3ccccc3)c3c5ccc6c7c(ccc(c23)c75)-c2ccccc2-6)c2ccc3c5c(ccc4c52)-c2ccccc2-3)cc1. The van der Waals surface area contributed by atoms with E-state index in [2.05, 4.69) is 170 Å². The summed E-state index contributed by atoms with van der Waals surface area (Å²) in [7, 11) is 0. The van der Waals surface area contributed by atoms with E-state index in [0.717, 1.165) is 0 Å². The first-order valence-corrected chi connectivity index (χ1v) is 19.0. The molecule has 0 saturated carbocycles. The lowest BCUT2D eigenvalue weighted by molar-refractivity contribution is 1.67. The Morgan fingerprint density at radius 2 is 0.519 bits per heavy atom. The Morgan fingerprint density at radius 3 is 0.907 bits per heavy atom. The van der Waals surface area contributed by atoms with E-state index in [9.17, 15) is 0 Å². The van der Waals surface area contributed by atoms with Gasteiger partial charge in [0, 0.05) is 0 Å². The van der Waals surface area contributed by atoms with Crippen molar-refractivity contribution in [1.82, 2.24) is 0 Å². The van der Waals surface area contributed by atoms with Gasteiger partial charge in [-0.1, -0.05) is 158 Å². The van der Waals surface area contributed by atoms with E-state index in [1.165, 1.54) is 142 Å². The van der Waals surface area contributed by atoms with Crippen LogP contribution in [0.1, 0.15) is 0 Å². The molecule has 0 aliphatic heterocycles. The van der Waals surface area contributed by atoms with Gasteiger partial charge in [-0.25, -0.2) is 0 Å². The van der Waals surface area contributed by atoms with Crippen LogP contribution in [0, 0.1) is 0 Å². The van der Waals surface area contributed by atoms with Crippen molar-refractivity contribution in [2.45, 2.75) is 0 Å². The fourth-order valence-electron chi connectivity index (χ4n) is 11.0. The van der Waals surface area contributed by atoms with Gasteiger partial charge in [0.05, 0.1) is 0 Å². The van der Waals surface area contributed by atoms with E-state index >= 15 is 0 Å². The summed E-state index contributed by atoms with van der Waals surface area (Å²) in [5.74, 6) is 0. The third-order valence-electron chi connectivity index (χ3n) is 13.0. The van der Waals surface area contributed by atoms with E-state index in [1.807, 2.05) is 0 Å². The van der Waals surface area contributed by atoms with Gasteiger partial charge in [0.1, 0.15) is 0 Å². The lowest BCUT2D eigenvalue weighted by Crippen LogP contribution is -1.89. The fraction of sp³-hybridized carbons (Fsp3) is 0. The van der Waals surface area contributed by atoms with Gasteiger partial charge in [-0.3, -0.25) is 0 Å². The van der Waals surface area contributed by atoms with Gasteiger partial charge >= 0.3 is 0 Å². The van der Waals surface area contributed by atoms with Gasteiger partial charge < -0.3 is 0 Å². The molecule has 0 spiro atoms. The number of hydrogen-bond acceptors (Lipinski definition) is 0. The van der Waals surface area contributed by atoms with Crippen LogP contribution in [0.4, 0.5) is 0 Å². The minimum absolute atomic E-state index is 1.26. The maximum atomic E-state index is 2.55. The van der Waals surface area contributed by atoms with E-state index < -0.39 is 0 Å². The zero-order valence-corrected chi connectivity index (χ0v) is 29.2. The highest BCUT2D eigenvalue weighted by molar-refractivity contribution is 6.44. The van der Waals surface area contributed by atoms with Crippen molar-refractivity contribution in [2.75, 3.05) is 0 Å². The average molecular weight is 677 g/mol. The molecule has 0 nitrogen and oxygen atoms in total. The van der Waals surface area contributed by atoms with Crippen molar-refractivity contribution in [3.8, 4) is 66.8 Å². The first-order valence-electron chi connectivity index (χ1n) is 19.0. The predicted octanol–water partition coefficient (Wildman–Crippen LogP) is 15.3. The van der Waals surface area contributed by atoms with Crippen LogP contribution in [0.15, 0.2) is 170 Å². The van der Waals surface area contributed by atoms with Crippen LogP contribution in [-0.2, 0) is 0 Å². The van der Waals surface area contributed by atoms with E-state index in [-0.39, 0.29) is 0 Å². The van der Waals surface area contributed by atoms with Crippen molar-refractivity contribution in [2.24, 2.45) is 0 Å². The summed E-state index contributed by atoms with van der Waals surface area (Å²) in [6, 6.07) is 64.4. The Kier molecular flexibility index (Phi) is 4.85. The summed E-state index contributed by atoms with van der Waals surface area (Å²) in [4.78, 5) is 0. The summed E-state index contributed by atoms with van der Waals surface area (Å²) in [5.41, 5.74) is 16.0. The molecule has 14 rings (SSSR count). The highest BCUT2D eigenvalue weighted by Crippen LogP contribution is 2.58. The smallest absolute Gasteiger partial charge is 0.000740 e. The topological polar surface area (TPSA) is 0 Å². The van der Waals surface area contributed by atoms with Crippen LogP contribution in [0.5, 0.6) is 0 Å². The Hall–Kier alpha value is -7.02. The molecule has 0 N–H and O–H groups in total. The lowest BCUT2D eigenvalue weighted by Gasteiger charge is -2.17. The summed E-state index contributed by atoms with van der Waals surface area (Å²) in [6.07, 6.45) is 0. The number of benzene rings is 10. The highest BCUT2D eigenvalue weighted by Gasteiger charge is 2.30. The maximum Gasteiger partial charge on any atom is -0.000740 e. The zero-order chi connectivity index (χ0) is 34.8. The number of hydrogen-bond donors (Lipinski definition) is 0. The predicted molar refractivity (Wildman–Crippen MR) is 231 cm³/mol. The molecule has 12 aromatic rings. The molecule has 0 radical (unpaired) electrons. The summed E-state index contributed by atoms with van der Waals surface area (Å²) >= 11 is 0. The van der Waals surface area contributed by atoms with Crippen LogP contribution in [-0.4, -0.2) is 0 Å². The molecule has 0 heteroatoms. The molecular weight excluding hydrogens is 649 g/mol. The van der Waals surface area contributed by atoms with Crippen LogP contribution < -0.4 is 0 Å². The molecule has 0 amide bonds. The van der Waals surface area contributed by atoms with E-state index in [1.54, 1.807) is 0 Å². The monoisotopic (exact) mass is 676 g/mol. The normalized spacial score (nSPS) is 12.8. The van der Waals surface area contributed by atoms with Crippen molar-refractivity contribution < 1.29 is 0 Å². The van der Waals surface area contributed by atoms with Crippen LogP contribution in [0.2, 0.25) is 0 Å². The molecule has 0 unspecified atom stereocenters. The standard InChI is InChI=1S/C54H28/c1-3-11-29(12-4-1)47-45-27-43-39-21-19-35-31-15-7-8-16-32(31)36-20-22-40(51(39)49(35)36)44(43)28-46(45)48(30-13-5-2-6-14-30)54-42-26-24-38-34-18-10-9-17-33(34)37-23-25-41(53(47)54)52(42)50(37)38/h1-28H. The Labute approximate surface area is 310 Å². The van der Waals surface area contributed by atoms with Crippen LogP contribution in [0.25, 0.3) is 142 Å². The van der Waals surface area contributed by atoms with Crippen molar-refractivity contribution in [3.63, 3.8) is 0 Å². The second kappa shape index (κ2) is 9.50. The molecule has 0 atom stereocenters. The maximum absolute atomic E-state index is 2.55. The van der Waals surface area contributed by atoms with Gasteiger partial charge in [-0.2, -0.15) is 0 Å². The minimum atomic E-state index is 1.26. The fourth-order valence-corrected chi connectivity index (χ4v) is 11.0. The second-order valence-corrected chi connectivity index (χ2v) is 15.4. The van der Waals surface area contributed by atoms with Gasteiger partial charge in [-0.15, -0.1) is 0 Å². The largest absolute Gasteiger partial charge is 0.0622 e. The summed E-state index contributed by atoms with van der Waals surface area (Å²) in [5, 5.41) is 19.0. The third-order valence-corrected chi connectivity index (χ3v) is 13.0. The summed E-state index contributed by atoms with van der Waals surface area (Å²) < 4.78 is 0. The van der Waals surface area contributed by atoms with Crippen molar-refractivity contribution in [3.05, 3.63) is 170 Å². The molecule has 0 heterocycles. The Bertz CT molecular complexity index is 3390. The van der Waals surface area contributed by atoms with Gasteiger partial charge in [0.2, 0.25) is 0 Å². The summed E-state index contributed by atoms with van der Waals surface area (Å²) in [6.45, 7) is 0. The number of fused-ring (bicyclic) bond motifs is 13. The van der Waals surface area contributed by atoms with Gasteiger partial charge in [0.25, 0.3) is 0 Å². The molecule has 54 heavy (non-hydrogen) atoms. The Balaban J connectivity index is 1.23. The van der Waals surface area contributed by atoms with E-state index in [0.29, 0.717) is 0 Å². The van der Waals surface area contributed by atoms with Gasteiger partial charge in [-0.05, 0) is 154 Å². The van der Waals surface area contributed by atoms with E-state index in [4.69, 9.17) is 0 Å². The first kappa shape index (κ1) is 27.6. The lowest BCUT2D eigenvalue weighted by atomic mass is 9.85. The first-order chi connectivity index (χ1) is 26.8. The van der Waals surface area contributed by atoms with Crippen molar-refractivity contribution >= 4 is 75.4 Å². The molecule has 12 aromatic carbocycles. The van der Waals surface area contributed by atoms with Gasteiger partial charge in [0.15, 0.2) is 0 Å². The molecule has 0 saturated heterocycles. The quantitative estimate of drug-likeness (QED) is 0.171. The molecule has 0 fully saturated rings. The average Bonchev–Trinajstić information content (AvgIpc) is 3.94. The Morgan fingerprint density at radius 1 is 0.185 bits per heavy atom. The molecule has 244 valence electrons. The molecule has 0 aromatic heterocycles. The third kappa shape index (κ3) is 3.12. The second-order valence-electron chi connectivity index (χ2n) is 15.4. The highest BCUT2D eigenvalue weighted by atomic mass is 14.3. The molecule has 2 aliphatic carbocycles. The van der Waals surface area contributed by atoms with Crippen molar-refractivity contribution in [1.29, 1.82) is 0 Å². The van der Waals surface area contributed by atoms with Crippen LogP contribution in [0.3, 0.4) is 0 Å². The molecule has 2 aliphatic rings.